The van der Waals surface area contributed by atoms with Crippen molar-refractivity contribution in [1.82, 2.24) is 0 Å². The fraction of sp³-hybridized carbons (Fsp3) is 0.0952. The molecule has 0 unspecified atom stereocenters. The van der Waals surface area contributed by atoms with Gasteiger partial charge in [-0.25, -0.2) is 0 Å². The number of carbonyl (C=O) groups is 1. The van der Waals surface area contributed by atoms with Crippen molar-refractivity contribution in [1.29, 1.82) is 0 Å². The minimum absolute atomic E-state index is 0.222. The average molecular weight is 424 g/mol. The Labute approximate surface area is 150 Å². The molecule has 0 atom stereocenters. The normalized spacial score (nSPS) is 9.92. The molecule has 0 heterocycles. The summed E-state index contributed by atoms with van der Waals surface area (Å²) in [5.74, 6) is -0.745. The van der Waals surface area contributed by atoms with Crippen molar-refractivity contribution < 1.29 is 9.90 Å². The van der Waals surface area contributed by atoms with Gasteiger partial charge in [0.2, 0.25) is 0 Å². The van der Waals surface area contributed by atoms with Crippen molar-refractivity contribution >= 4 is 36.5 Å². The number of carboxylic acid groups (broad SMARTS) is 1. The van der Waals surface area contributed by atoms with Gasteiger partial charge in [-0.3, -0.25) is 4.79 Å². The van der Waals surface area contributed by atoms with E-state index in [2.05, 4.69) is 91.0 Å². The Morgan fingerprint density at radius 2 is 0.958 bits per heavy atom. The van der Waals surface area contributed by atoms with Crippen LogP contribution in [0, 0.1) is 0 Å². The molecule has 0 saturated heterocycles. The molecule has 0 bridgehead atoms. The van der Waals surface area contributed by atoms with E-state index in [9.17, 15) is 4.79 Å². The Balaban J connectivity index is 0.000000368. The number of aliphatic carboxylic acids is 1. The topological polar surface area (TPSA) is 37.3 Å². The Morgan fingerprint density at radius 3 is 1.17 bits per heavy atom. The van der Waals surface area contributed by atoms with Crippen molar-refractivity contribution in [3.63, 3.8) is 0 Å². The Kier molecular flexibility index (Phi) is 7.56. The molecular weight excluding hydrogens is 403 g/mol. The molecule has 1 radical (unpaired) electrons. The first-order chi connectivity index (χ1) is 11.7. The zero-order valence-corrected chi connectivity index (χ0v) is 16.6. The van der Waals surface area contributed by atoms with Crippen LogP contribution in [0.1, 0.15) is 13.3 Å². The van der Waals surface area contributed by atoms with Crippen LogP contribution in [0.25, 0.3) is 0 Å². The Bertz CT molecular complexity index is 634. The summed E-state index contributed by atoms with van der Waals surface area (Å²) in [6.07, 6.45) is 0.222. The fourth-order valence-electron chi connectivity index (χ4n) is 2.31. The third kappa shape index (κ3) is 5.53. The molecule has 121 valence electrons. The molecule has 0 aliphatic carbocycles. The molecule has 0 aliphatic heterocycles. The maximum atomic E-state index is 9.37. The van der Waals surface area contributed by atoms with Crippen LogP contribution in [-0.4, -0.2) is 30.8 Å². The third-order valence-electron chi connectivity index (χ3n) is 3.49. The van der Waals surface area contributed by atoms with Gasteiger partial charge in [0.15, 0.2) is 0 Å². The van der Waals surface area contributed by atoms with Gasteiger partial charge in [0.05, 0.1) is 0 Å². The van der Waals surface area contributed by atoms with Gasteiger partial charge in [0.25, 0.3) is 0 Å². The number of benzene rings is 3. The van der Waals surface area contributed by atoms with Gasteiger partial charge in [0.1, 0.15) is 0 Å². The summed E-state index contributed by atoms with van der Waals surface area (Å²) in [7, 11) is 0. The van der Waals surface area contributed by atoms with Gasteiger partial charge in [0, 0.05) is 6.42 Å². The third-order valence-corrected chi connectivity index (χ3v) is 11.3. The molecule has 2 nitrogen and oxygen atoms in total. The van der Waals surface area contributed by atoms with Crippen LogP contribution < -0.4 is 10.7 Å². The van der Waals surface area contributed by atoms with Crippen LogP contribution in [0.3, 0.4) is 0 Å². The van der Waals surface area contributed by atoms with Gasteiger partial charge in [-0.15, -0.1) is 0 Å². The first-order valence-corrected chi connectivity index (χ1v) is 12.3. The molecule has 1 N–H and O–H groups in total. The summed E-state index contributed by atoms with van der Waals surface area (Å²) in [5, 5.41) is 7.72. The van der Waals surface area contributed by atoms with E-state index in [1.807, 2.05) is 0 Å². The van der Waals surface area contributed by atoms with Crippen molar-refractivity contribution in [2.24, 2.45) is 0 Å². The van der Waals surface area contributed by atoms with Crippen molar-refractivity contribution in [2.45, 2.75) is 13.3 Å². The minimum atomic E-state index is -1.98. The molecule has 3 aromatic rings. The number of carboxylic acids is 1. The van der Waals surface area contributed by atoms with Crippen LogP contribution in [0.2, 0.25) is 0 Å². The van der Waals surface area contributed by atoms with Crippen LogP contribution in [-0.2, 0) is 4.79 Å². The van der Waals surface area contributed by atoms with E-state index in [0.29, 0.717) is 0 Å². The monoisotopic (exact) mass is 425 g/mol. The van der Waals surface area contributed by atoms with Crippen molar-refractivity contribution in [3.8, 4) is 0 Å². The molecule has 0 aliphatic rings. The maximum absolute atomic E-state index is 9.37. The summed E-state index contributed by atoms with van der Waals surface area (Å²) in [4.78, 5) is 9.37. The van der Waals surface area contributed by atoms with Crippen molar-refractivity contribution in [3.05, 3.63) is 91.0 Å². The number of hydrogen-bond acceptors (Lipinski definition) is 1. The Hall–Kier alpha value is -2.07. The van der Waals surface area contributed by atoms with E-state index < -0.39 is 25.7 Å². The predicted molar refractivity (Wildman–Crippen MR) is 102 cm³/mol. The summed E-state index contributed by atoms with van der Waals surface area (Å²) in [6, 6.07) is 32.9. The van der Waals surface area contributed by atoms with Gasteiger partial charge < -0.3 is 5.11 Å². The molecule has 0 aromatic heterocycles. The Morgan fingerprint density at radius 1 is 0.708 bits per heavy atom. The summed E-state index contributed by atoms with van der Waals surface area (Å²) >= 11 is -1.98. The van der Waals surface area contributed by atoms with E-state index in [-0.39, 0.29) is 6.42 Å². The summed E-state index contributed by atoms with van der Waals surface area (Å²) in [5.41, 5.74) is 0. The molecule has 3 heteroatoms. The SMILES string of the molecule is CCC(=O)O.c1cc[c]([Sn]([c]2ccccc2)[c]2ccccc2)cc1. The second kappa shape index (κ2) is 9.93. The zero-order chi connectivity index (χ0) is 17.2. The van der Waals surface area contributed by atoms with E-state index in [1.165, 1.54) is 10.7 Å². The number of hydrogen-bond donors (Lipinski definition) is 1. The molecule has 3 rings (SSSR count). The zero-order valence-electron chi connectivity index (χ0n) is 13.7. The molecule has 3 aromatic carbocycles. The van der Waals surface area contributed by atoms with Gasteiger partial charge in [-0.1, -0.05) is 6.92 Å². The molecule has 0 amide bonds. The molecule has 0 spiro atoms. The van der Waals surface area contributed by atoms with Crippen LogP contribution in [0.5, 0.6) is 0 Å². The quantitative estimate of drug-likeness (QED) is 0.655. The predicted octanol–water partition coefficient (Wildman–Crippen LogP) is 2.68. The first-order valence-electron chi connectivity index (χ1n) is 7.97. The second-order valence-electron chi connectivity index (χ2n) is 5.22. The van der Waals surface area contributed by atoms with Gasteiger partial charge in [-0.2, -0.15) is 0 Å². The molecule has 24 heavy (non-hydrogen) atoms. The van der Waals surface area contributed by atoms with E-state index in [4.69, 9.17) is 5.11 Å². The van der Waals surface area contributed by atoms with Crippen molar-refractivity contribution in [2.75, 3.05) is 0 Å². The van der Waals surface area contributed by atoms with Gasteiger partial charge in [-0.05, 0) is 0 Å². The van der Waals surface area contributed by atoms with E-state index in [1.54, 1.807) is 6.92 Å². The van der Waals surface area contributed by atoms with Crippen LogP contribution in [0.15, 0.2) is 91.0 Å². The molecule has 0 saturated carbocycles. The van der Waals surface area contributed by atoms with Crippen LogP contribution in [0.4, 0.5) is 0 Å². The summed E-state index contributed by atoms with van der Waals surface area (Å²) in [6.45, 7) is 1.60. The molecule has 0 fully saturated rings. The number of rotatable bonds is 4. The average Bonchev–Trinajstić information content (AvgIpc) is 2.65. The van der Waals surface area contributed by atoms with Gasteiger partial charge >= 0.3 is 127 Å². The first kappa shape index (κ1) is 18.3. The van der Waals surface area contributed by atoms with E-state index >= 15 is 0 Å². The van der Waals surface area contributed by atoms with Crippen LogP contribution >= 0.6 is 0 Å². The molecular formula is C21H21O2Sn. The van der Waals surface area contributed by atoms with E-state index in [0.717, 1.165) is 0 Å². The standard InChI is InChI=1S/3C6H5.C3H6O2.Sn/c3*1-2-4-6-5-3-1;1-2-3(4)5;/h3*1-5H;2H2,1H3,(H,4,5);. The summed E-state index contributed by atoms with van der Waals surface area (Å²) < 4.78 is 4.59. The fourth-order valence-corrected chi connectivity index (χ4v) is 9.67. The second-order valence-corrected chi connectivity index (χ2v) is 12.3.